The average molecular weight is 305 g/mol. The van der Waals surface area contributed by atoms with Crippen LogP contribution in [0.2, 0.25) is 5.02 Å². The highest BCUT2D eigenvalue weighted by atomic mass is 35.5. The Labute approximate surface area is 124 Å². The van der Waals surface area contributed by atoms with Gasteiger partial charge in [-0.25, -0.2) is 0 Å². The molecule has 1 heterocycles. The fraction of sp³-hybridized carbons (Fsp3) is 0.462. The Morgan fingerprint density at radius 1 is 1.58 bits per heavy atom. The number of halogens is 2. The SMILES string of the molecule is Cc1cc(Cl)ccc1NC(=O)CC1CNCCO1.Cl. The summed E-state index contributed by atoms with van der Waals surface area (Å²) >= 11 is 5.87. The zero-order valence-electron chi connectivity index (χ0n) is 10.7. The summed E-state index contributed by atoms with van der Waals surface area (Å²) in [5.74, 6) is -0.0332. The smallest absolute Gasteiger partial charge is 0.227 e. The van der Waals surface area contributed by atoms with Crippen molar-refractivity contribution in [2.75, 3.05) is 25.0 Å². The highest BCUT2D eigenvalue weighted by molar-refractivity contribution is 6.30. The normalized spacial score (nSPS) is 18.5. The van der Waals surface area contributed by atoms with Gasteiger partial charge in [-0.05, 0) is 30.7 Å². The van der Waals surface area contributed by atoms with Crippen LogP contribution in [0.3, 0.4) is 0 Å². The summed E-state index contributed by atoms with van der Waals surface area (Å²) in [5.41, 5.74) is 1.76. The molecule has 1 amide bonds. The van der Waals surface area contributed by atoms with Crippen molar-refractivity contribution < 1.29 is 9.53 Å². The number of carbonyl (C=O) groups excluding carboxylic acids is 1. The number of nitrogens with one attached hydrogen (secondary N) is 2. The molecule has 4 nitrogen and oxygen atoms in total. The van der Waals surface area contributed by atoms with Crippen LogP contribution in [0.25, 0.3) is 0 Å². The Balaban J connectivity index is 0.00000180. The third-order valence-electron chi connectivity index (χ3n) is 2.88. The monoisotopic (exact) mass is 304 g/mol. The van der Waals surface area contributed by atoms with Crippen molar-refractivity contribution in [3.63, 3.8) is 0 Å². The van der Waals surface area contributed by atoms with Crippen molar-refractivity contribution in [1.29, 1.82) is 0 Å². The first-order chi connectivity index (χ1) is 8.65. The first-order valence-electron chi connectivity index (χ1n) is 6.03. The number of amides is 1. The minimum atomic E-state index is -0.0358. The van der Waals surface area contributed by atoms with Gasteiger partial charge in [-0.1, -0.05) is 11.6 Å². The zero-order chi connectivity index (χ0) is 13.0. The molecule has 2 rings (SSSR count). The molecule has 1 aromatic carbocycles. The highest BCUT2D eigenvalue weighted by Gasteiger charge is 2.17. The van der Waals surface area contributed by atoms with Crippen molar-refractivity contribution in [3.8, 4) is 0 Å². The van der Waals surface area contributed by atoms with Gasteiger partial charge in [0.05, 0.1) is 19.1 Å². The number of ether oxygens (including phenoxy) is 1. The molecule has 0 saturated carbocycles. The highest BCUT2D eigenvalue weighted by Crippen LogP contribution is 2.20. The second-order valence-corrected chi connectivity index (χ2v) is 4.84. The number of hydrogen-bond acceptors (Lipinski definition) is 3. The van der Waals surface area contributed by atoms with Gasteiger partial charge in [0.1, 0.15) is 0 Å². The minimum absolute atomic E-state index is 0. The van der Waals surface area contributed by atoms with Crippen LogP contribution in [0, 0.1) is 6.92 Å². The number of morpholine rings is 1. The zero-order valence-corrected chi connectivity index (χ0v) is 12.3. The van der Waals surface area contributed by atoms with Crippen molar-refractivity contribution in [3.05, 3.63) is 28.8 Å². The summed E-state index contributed by atoms with van der Waals surface area (Å²) in [6.45, 7) is 4.17. The first kappa shape index (κ1) is 16.2. The molecule has 1 aromatic rings. The topological polar surface area (TPSA) is 50.4 Å². The van der Waals surface area contributed by atoms with Gasteiger partial charge in [-0.3, -0.25) is 4.79 Å². The van der Waals surface area contributed by atoms with Crippen LogP contribution < -0.4 is 10.6 Å². The van der Waals surface area contributed by atoms with E-state index >= 15 is 0 Å². The summed E-state index contributed by atoms with van der Waals surface area (Å²) in [7, 11) is 0. The lowest BCUT2D eigenvalue weighted by molar-refractivity contribution is -0.119. The van der Waals surface area contributed by atoms with E-state index in [1.165, 1.54) is 0 Å². The fourth-order valence-corrected chi connectivity index (χ4v) is 2.15. The van der Waals surface area contributed by atoms with Crippen molar-refractivity contribution >= 4 is 35.6 Å². The number of anilines is 1. The summed E-state index contributed by atoms with van der Waals surface area (Å²) in [6.07, 6.45) is 0.334. The van der Waals surface area contributed by atoms with E-state index < -0.39 is 0 Å². The number of aryl methyl sites for hydroxylation is 1. The molecule has 1 atom stereocenters. The largest absolute Gasteiger partial charge is 0.375 e. The molecule has 106 valence electrons. The van der Waals surface area contributed by atoms with Crippen LogP contribution in [-0.4, -0.2) is 31.7 Å². The van der Waals surface area contributed by atoms with Crippen LogP contribution in [0.5, 0.6) is 0 Å². The van der Waals surface area contributed by atoms with E-state index in [0.717, 1.165) is 24.3 Å². The molecule has 1 aliphatic rings. The van der Waals surface area contributed by atoms with E-state index in [-0.39, 0.29) is 24.4 Å². The van der Waals surface area contributed by atoms with Crippen LogP contribution >= 0.6 is 24.0 Å². The molecule has 6 heteroatoms. The Bertz CT molecular complexity index is 435. The summed E-state index contributed by atoms with van der Waals surface area (Å²) in [5, 5.41) is 6.75. The van der Waals surface area contributed by atoms with Gasteiger partial charge >= 0.3 is 0 Å². The van der Waals surface area contributed by atoms with Gasteiger partial charge in [0, 0.05) is 23.8 Å². The van der Waals surface area contributed by atoms with E-state index in [2.05, 4.69) is 10.6 Å². The minimum Gasteiger partial charge on any atom is -0.375 e. The van der Waals surface area contributed by atoms with Gasteiger partial charge < -0.3 is 15.4 Å². The Hall–Kier alpha value is -0.810. The molecule has 19 heavy (non-hydrogen) atoms. The molecular weight excluding hydrogens is 287 g/mol. The second kappa shape index (κ2) is 7.70. The molecule has 1 aliphatic heterocycles. The molecule has 1 saturated heterocycles. The van der Waals surface area contributed by atoms with Gasteiger partial charge in [0.2, 0.25) is 5.91 Å². The Kier molecular flexibility index (Phi) is 6.58. The Morgan fingerprint density at radius 3 is 3.00 bits per heavy atom. The average Bonchev–Trinajstić information content (AvgIpc) is 2.34. The quantitative estimate of drug-likeness (QED) is 0.901. The predicted octanol–water partition coefficient (Wildman–Crippen LogP) is 2.39. The third-order valence-corrected chi connectivity index (χ3v) is 3.12. The van der Waals surface area contributed by atoms with Crippen LogP contribution in [0.4, 0.5) is 5.69 Å². The van der Waals surface area contributed by atoms with Crippen molar-refractivity contribution in [2.45, 2.75) is 19.4 Å². The number of hydrogen-bond donors (Lipinski definition) is 2. The lowest BCUT2D eigenvalue weighted by Crippen LogP contribution is -2.40. The van der Waals surface area contributed by atoms with Gasteiger partial charge in [-0.2, -0.15) is 0 Å². The Morgan fingerprint density at radius 2 is 2.37 bits per heavy atom. The van der Waals surface area contributed by atoms with Crippen LogP contribution in [0.1, 0.15) is 12.0 Å². The molecule has 1 fully saturated rings. The predicted molar refractivity (Wildman–Crippen MR) is 79.3 cm³/mol. The molecule has 0 aliphatic carbocycles. The standard InChI is InChI=1S/C13H17ClN2O2.ClH/c1-9-6-10(14)2-3-12(9)16-13(17)7-11-8-15-4-5-18-11;/h2-3,6,11,15H,4-5,7-8H2,1H3,(H,16,17);1H. The van der Waals surface area contributed by atoms with E-state index in [1.807, 2.05) is 19.1 Å². The second-order valence-electron chi connectivity index (χ2n) is 4.41. The lowest BCUT2D eigenvalue weighted by atomic mass is 10.1. The molecule has 0 radical (unpaired) electrons. The maximum absolute atomic E-state index is 11.9. The maximum Gasteiger partial charge on any atom is 0.227 e. The summed E-state index contributed by atoms with van der Waals surface area (Å²) < 4.78 is 5.49. The maximum atomic E-state index is 11.9. The van der Waals surface area contributed by atoms with Crippen LogP contribution in [-0.2, 0) is 9.53 Å². The van der Waals surface area contributed by atoms with E-state index in [4.69, 9.17) is 16.3 Å². The molecular formula is C13H18Cl2N2O2. The van der Waals surface area contributed by atoms with E-state index in [9.17, 15) is 4.79 Å². The van der Waals surface area contributed by atoms with Crippen molar-refractivity contribution in [2.24, 2.45) is 0 Å². The molecule has 0 aromatic heterocycles. The molecule has 2 N–H and O–H groups in total. The van der Waals surface area contributed by atoms with Gasteiger partial charge in [-0.15, -0.1) is 12.4 Å². The molecule has 0 bridgehead atoms. The summed E-state index contributed by atoms with van der Waals surface area (Å²) in [4.78, 5) is 11.9. The number of rotatable bonds is 3. The van der Waals surface area contributed by atoms with Crippen molar-refractivity contribution in [1.82, 2.24) is 5.32 Å². The van der Waals surface area contributed by atoms with Gasteiger partial charge in [0.25, 0.3) is 0 Å². The fourth-order valence-electron chi connectivity index (χ4n) is 1.93. The summed E-state index contributed by atoms with van der Waals surface area (Å²) in [6, 6.07) is 5.41. The van der Waals surface area contributed by atoms with E-state index in [1.54, 1.807) is 6.07 Å². The first-order valence-corrected chi connectivity index (χ1v) is 6.41. The van der Waals surface area contributed by atoms with Gasteiger partial charge in [0.15, 0.2) is 0 Å². The van der Waals surface area contributed by atoms with E-state index in [0.29, 0.717) is 18.1 Å². The number of benzene rings is 1. The number of carbonyl (C=O) groups is 1. The lowest BCUT2D eigenvalue weighted by Gasteiger charge is -2.23. The third kappa shape index (κ3) is 4.99. The molecule has 1 unspecified atom stereocenters. The molecule has 0 spiro atoms. The van der Waals surface area contributed by atoms with Crippen LogP contribution in [0.15, 0.2) is 18.2 Å².